The van der Waals surface area contributed by atoms with E-state index in [0.717, 1.165) is 6.07 Å². The Hall–Kier alpha value is -2.30. The molecule has 6 nitrogen and oxygen atoms in total. The fourth-order valence-electron chi connectivity index (χ4n) is 5.23. The molecule has 1 aliphatic heterocycles. The van der Waals surface area contributed by atoms with Gasteiger partial charge in [0.15, 0.2) is 0 Å². The van der Waals surface area contributed by atoms with E-state index in [1.807, 2.05) is 0 Å². The van der Waals surface area contributed by atoms with E-state index in [-0.39, 0.29) is 19.5 Å². The number of hydrogen-bond acceptors (Lipinski definition) is 4. The number of fused-ring (bicyclic) bond motifs is 1. The third-order valence-electron chi connectivity index (χ3n) is 6.56. The van der Waals surface area contributed by atoms with Crippen molar-refractivity contribution in [1.29, 1.82) is 0 Å². The summed E-state index contributed by atoms with van der Waals surface area (Å²) in [5.74, 6) is -2.25. The predicted molar refractivity (Wildman–Crippen MR) is 122 cm³/mol. The molecule has 34 heavy (non-hydrogen) atoms. The smallest absolute Gasteiger partial charge is 0.417 e. The van der Waals surface area contributed by atoms with Gasteiger partial charge >= 0.3 is 12.1 Å². The molecule has 2 aliphatic rings. The second kappa shape index (κ2) is 8.73. The number of benzene rings is 2. The SMILES string of the molecule is CC1CN(c2ccc(C(F)(F)F)c(Cl)c2)CC(C)N1S(=O)(=O)[C@@H]1c2ccccc2C[C@@H]1C(=O)O. The van der Waals surface area contributed by atoms with Crippen LogP contribution in [0.4, 0.5) is 18.9 Å². The minimum Gasteiger partial charge on any atom is -0.481 e. The number of rotatable bonds is 4. The molecule has 1 heterocycles. The average Bonchev–Trinajstić information content (AvgIpc) is 3.13. The lowest BCUT2D eigenvalue weighted by atomic mass is 10.1. The molecule has 0 spiro atoms. The van der Waals surface area contributed by atoms with Gasteiger partial charge in [-0.1, -0.05) is 35.9 Å². The fraction of sp³-hybridized carbons (Fsp3) is 0.435. The Kier molecular flexibility index (Phi) is 6.37. The first-order valence-electron chi connectivity index (χ1n) is 10.8. The van der Waals surface area contributed by atoms with Gasteiger partial charge in [0.2, 0.25) is 10.0 Å². The number of hydrogen-bond donors (Lipinski definition) is 1. The number of carbonyl (C=O) groups is 1. The van der Waals surface area contributed by atoms with Crippen LogP contribution in [0.25, 0.3) is 0 Å². The van der Waals surface area contributed by atoms with E-state index in [0.29, 0.717) is 16.8 Å². The first-order chi connectivity index (χ1) is 15.8. The molecule has 0 aromatic heterocycles. The summed E-state index contributed by atoms with van der Waals surface area (Å²) in [5, 5.41) is 8.14. The second-order valence-corrected chi connectivity index (χ2v) is 11.3. The van der Waals surface area contributed by atoms with Crippen LogP contribution >= 0.6 is 11.6 Å². The molecule has 1 saturated heterocycles. The predicted octanol–water partition coefficient (Wildman–Crippen LogP) is 4.59. The van der Waals surface area contributed by atoms with E-state index in [4.69, 9.17) is 11.6 Å². The van der Waals surface area contributed by atoms with Crippen molar-refractivity contribution in [3.05, 3.63) is 64.2 Å². The van der Waals surface area contributed by atoms with Crippen LogP contribution in [0.2, 0.25) is 5.02 Å². The van der Waals surface area contributed by atoms with Gasteiger partial charge in [0, 0.05) is 30.9 Å². The zero-order valence-corrected chi connectivity index (χ0v) is 20.0. The quantitative estimate of drug-likeness (QED) is 0.643. The van der Waals surface area contributed by atoms with E-state index < -0.39 is 56.0 Å². The number of aliphatic carboxylic acids is 1. The Morgan fingerprint density at radius 1 is 1.09 bits per heavy atom. The Morgan fingerprint density at radius 3 is 2.26 bits per heavy atom. The van der Waals surface area contributed by atoms with Crippen molar-refractivity contribution in [2.75, 3.05) is 18.0 Å². The van der Waals surface area contributed by atoms with E-state index in [1.54, 1.807) is 43.0 Å². The third-order valence-corrected chi connectivity index (χ3v) is 9.40. The van der Waals surface area contributed by atoms with Crippen molar-refractivity contribution in [3.8, 4) is 0 Å². The molecule has 0 amide bonds. The molecule has 11 heteroatoms. The zero-order valence-electron chi connectivity index (χ0n) is 18.5. The summed E-state index contributed by atoms with van der Waals surface area (Å²) in [6.07, 6.45) is -4.43. The highest BCUT2D eigenvalue weighted by atomic mass is 35.5. The summed E-state index contributed by atoms with van der Waals surface area (Å²) in [5.41, 5.74) is 0.747. The van der Waals surface area contributed by atoms with Crippen molar-refractivity contribution < 1.29 is 31.5 Å². The van der Waals surface area contributed by atoms with Crippen LogP contribution in [-0.2, 0) is 27.4 Å². The van der Waals surface area contributed by atoms with Crippen LogP contribution in [-0.4, -0.2) is 49.0 Å². The molecule has 2 unspecified atom stereocenters. The molecular formula is C23H24ClF3N2O4S. The summed E-state index contributed by atoms with van der Waals surface area (Å²) in [6.45, 7) is 3.86. The van der Waals surface area contributed by atoms with Crippen LogP contribution in [0.5, 0.6) is 0 Å². The summed E-state index contributed by atoms with van der Waals surface area (Å²) in [7, 11) is -4.06. The Balaban J connectivity index is 1.63. The van der Waals surface area contributed by atoms with Crippen LogP contribution in [0.15, 0.2) is 42.5 Å². The first-order valence-corrected chi connectivity index (χ1v) is 12.6. The van der Waals surface area contributed by atoms with Crippen molar-refractivity contribution in [2.45, 2.75) is 43.8 Å². The van der Waals surface area contributed by atoms with Gasteiger partial charge < -0.3 is 10.0 Å². The van der Waals surface area contributed by atoms with Crippen LogP contribution < -0.4 is 4.90 Å². The van der Waals surface area contributed by atoms with E-state index in [9.17, 15) is 31.5 Å². The van der Waals surface area contributed by atoms with E-state index >= 15 is 0 Å². The van der Waals surface area contributed by atoms with Crippen molar-refractivity contribution in [2.24, 2.45) is 5.92 Å². The maximum atomic E-state index is 13.8. The number of nitrogens with zero attached hydrogens (tertiary/aromatic N) is 2. The maximum absolute atomic E-state index is 13.8. The van der Waals surface area contributed by atoms with Gasteiger partial charge in [-0.3, -0.25) is 4.79 Å². The van der Waals surface area contributed by atoms with E-state index in [2.05, 4.69) is 0 Å². The van der Waals surface area contributed by atoms with Crippen LogP contribution in [0.1, 0.15) is 35.8 Å². The number of alkyl halides is 3. The molecule has 1 N–H and O–H groups in total. The number of anilines is 1. The van der Waals surface area contributed by atoms with Gasteiger partial charge in [-0.05, 0) is 49.6 Å². The third kappa shape index (κ3) is 4.27. The van der Waals surface area contributed by atoms with Gasteiger partial charge in [0.05, 0.1) is 16.5 Å². The summed E-state index contributed by atoms with van der Waals surface area (Å²) in [4.78, 5) is 13.8. The first kappa shape index (κ1) is 24.8. The lowest BCUT2D eigenvalue weighted by Gasteiger charge is -2.45. The largest absolute Gasteiger partial charge is 0.481 e. The molecule has 2 aromatic rings. The number of carboxylic acid groups (broad SMARTS) is 1. The highest BCUT2D eigenvalue weighted by Gasteiger charge is 2.50. The Morgan fingerprint density at radius 2 is 1.71 bits per heavy atom. The standard InChI is InChI=1S/C23H24ClF3N2O4S/c1-13-11-28(16-7-8-19(20(24)10-16)23(25,26)27)12-14(2)29(13)34(32,33)21-17-6-4-3-5-15(17)9-18(21)22(30)31/h3-8,10,13-14,18,21H,9,11-12H2,1-2H3,(H,30,31)/t13?,14?,18-,21+/m0/s1. The second-order valence-electron chi connectivity index (χ2n) is 8.91. The fourth-order valence-corrected chi connectivity index (χ4v) is 8.08. The Labute approximate surface area is 201 Å². The van der Waals surface area contributed by atoms with Gasteiger partial charge in [-0.2, -0.15) is 17.5 Å². The minimum atomic E-state index is -4.57. The molecule has 0 bridgehead atoms. The number of halogens is 4. The van der Waals surface area contributed by atoms with Crippen molar-refractivity contribution in [1.82, 2.24) is 4.31 Å². The number of sulfonamides is 1. The number of carboxylic acids is 1. The molecule has 1 fully saturated rings. The molecule has 4 atom stereocenters. The Bertz CT molecular complexity index is 1210. The summed E-state index contributed by atoms with van der Waals surface area (Å²) < 4.78 is 68.2. The van der Waals surface area contributed by atoms with Gasteiger partial charge in [-0.15, -0.1) is 0 Å². The topological polar surface area (TPSA) is 77.9 Å². The zero-order chi connectivity index (χ0) is 25.0. The summed E-state index contributed by atoms with van der Waals surface area (Å²) >= 11 is 5.88. The van der Waals surface area contributed by atoms with Gasteiger partial charge in [0.25, 0.3) is 0 Å². The molecule has 184 valence electrons. The number of piperazine rings is 1. The van der Waals surface area contributed by atoms with Crippen LogP contribution in [0.3, 0.4) is 0 Å². The maximum Gasteiger partial charge on any atom is 0.417 e. The van der Waals surface area contributed by atoms with Gasteiger partial charge in [0.1, 0.15) is 5.25 Å². The molecule has 4 rings (SSSR count). The highest BCUT2D eigenvalue weighted by Crippen LogP contribution is 2.45. The highest BCUT2D eigenvalue weighted by molar-refractivity contribution is 7.89. The molecule has 2 aromatic carbocycles. The molecular weight excluding hydrogens is 493 g/mol. The lowest BCUT2D eigenvalue weighted by molar-refractivity contribution is -0.141. The van der Waals surface area contributed by atoms with Crippen molar-refractivity contribution in [3.63, 3.8) is 0 Å². The van der Waals surface area contributed by atoms with Crippen molar-refractivity contribution >= 4 is 33.3 Å². The molecule has 1 aliphatic carbocycles. The van der Waals surface area contributed by atoms with Gasteiger partial charge in [-0.25, -0.2) is 8.42 Å². The monoisotopic (exact) mass is 516 g/mol. The summed E-state index contributed by atoms with van der Waals surface area (Å²) in [6, 6.07) is 9.26. The normalized spacial score (nSPS) is 25.9. The van der Waals surface area contributed by atoms with E-state index in [1.165, 1.54) is 16.4 Å². The minimum absolute atomic E-state index is 0.141. The lowest BCUT2D eigenvalue weighted by Crippen LogP contribution is -2.59. The molecule has 0 saturated carbocycles. The van der Waals surface area contributed by atoms with Crippen LogP contribution in [0, 0.1) is 5.92 Å². The molecule has 0 radical (unpaired) electrons. The average molecular weight is 517 g/mol.